The molecule has 0 aliphatic heterocycles. The molecule has 0 unspecified atom stereocenters. The number of carbonyl (C=O) groups is 2. The van der Waals surface area contributed by atoms with E-state index in [9.17, 15) is 14.7 Å². The highest BCUT2D eigenvalue weighted by molar-refractivity contribution is 6.10. The summed E-state index contributed by atoms with van der Waals surface area (Å²) in [7, 11) is 0. The Balaban J connectivity index is 1.54. The number of ketones is 1. The predicted molar refractivity (Wildman–Crippen MR) is 110 cm³/mol. The maximum Gasteiger partial charge on any atom is 0.259 e. The lowest BCUT2D eigenvalue weighted by Gasteiger charge is -2.09. The van der Waals surface area contributed by atoms with Crippen molar-refractivity contribution in [2.24, 2.45) is 0 Å². The topological polar surface area (TPSA) is 66.4 Å². The van der Waals surface area contributed by atoms with Crippen LogP contribution in [0.2, 0.25) is 0 Å². The van der Waals surface area contributed by atoms with Gasteiger partial charge in [0.1, 0.15) is 5.75 Å². The van der Waals surface area contributed by atoms with Crippen LogP contribution in [0.5, 0.6) is 5.75 Å². The second kappa shape index (κ2) is 7.37. The predicted octanol–water partition coefficient (Wildman–Crippen LogP) is 5.03. The van der Waals surface area contributed by atoms with Crippen molar-refractivity contribution in [2.45, 2.75) is 0 Å². The van der Waals surface area contributed by atoms with Gasteiger partial charge < -0.3 is 10.4 Å². The summed E-state index contributed by atoms with van der Waals surface area (Å²) in [5.41, 5.74) is 1.89. The van der Waals surface area contributed by atoms with Crippen LogP contribution in [-0.4, -0.2) is 16.8 Å². The molecule has 4 aromatic carbocycles. The second-order valence-electron chi connectivity index (χ2n) is 6.44. The van der Waals surface area contributed by atoms with E-state index in [0.717, 1.165) is 10.8 Å². The Hall–Kier alpha value is -3.92. The number of amides is 1. The number of carbonyl (C=O) groups excluding carboxylic acids is 2. The van der Waals surface area contributed by atoms with E-state index in [1.54, 1.807) is 48.5 Å². The second-order valence-corrected chi connectivity index (χ2v) is 6.44. The van der Waals surface area contributed by atoms with Crippen LogP contribution in [0.3, 0.4) is 0 Å². The Kier molecular flexibility index (Phi) is 4.60. The SMILES string of the molecule is O=C(c1ccccc1)c1ccc(NC(=O)c2cc3ccccc3cc2O)cc1. The molecule has 4 heteroatoms. The summed E-state index contributed by atoms with van der Waals surface area (Å²) in [5.74, 6) is -0.567. The maximum absolute atomic E-state index is 12.6. The zero-order valence-corrected chi connectivity index (χ0v) is 14.9. The third-order valence-electron chi connectivity index (χ3n) is 4.55. The Labute approximate surface area is 162 Å². The largest absolute Gasteiger partial charge is 0.507 e. The van der Waals surface area contributed by atoms with Gasteiger partial charge in [-0.15, -0.1) is 0 Å². The lowest BCUT2D eigenvalue weighted by molar-refractivity contribution is 0.102. The van der Waals surface area contributed by atoms with Crippen LogP contribution >= 0.6 is 0 Å². The number of rotatable bonds is 4. The molecule has 0 atom stereocenters. The molecule has 0 bridgehead atoms. The summed E-state index contributed by atoms with van der Waals surface area (Å²) in [4.78, 5) is 25.0. The maximum atomic E-state index is 12.6. The van der Waals surface area contributed by atoms with Crippen LogP contribution < -0.4 is 5.32 Å². The number of nitrogens with one attached hydrogen (secondary N) is 1. The van der Waals surface area contributed by atoms with Crippen LogP contribution in [-0.2, 0) is 0 Å². The van der Waals surface area contributed by atoms with E-state index in [1.165, 1.54) is 0 Å². The summed E-state index contributed by atoms with van der Waals surface area (Å²) in [6.45, 7) is 0. The number of phenolic OH excluding ortho intramolecular Hbond substituents is 1. The zero-order valence-electron chi connectivity index (χ0n) is 14.9. The first-order valence-corrected chi connectivity index (χ1v) is 8.85. The lowest BCUT2D eigenvalue weighted by Crippen LogP contribution is -2.12. The van der Waals surface area contributed by atoms with Gasteiger partial charge in [-0.1, -0.05) is 54.6 Å². The zero-order chi connectivity index (χ0) is 19.5. The molecule has 136 valence electrons. The summed E-state index contributed by atoms with van der Waals surface area (Å²) >= 11 is 0. The molecule has 0 saturated heterocycles. The number of benzene rings is 4. The van der Waals surface area contributed by atoms with Gasteiger partial charge in [-0.05, 0) is 47.2 Å². The number of hydrogen-bond donors (Lipinski definition) is 2. The van der Waals surface area contributed by atoms with Crippen LogP contribution in [0.4, 0.5) is 5.69 Å². The lowest BCUT2D eigenvalue weighted by atomic mass is 10.0. The van der Waals surface area contributed by atoms with E-state index < -0.39 is 5.91 Å². The van der Waals surface area contributed by atoms with Crippen molar-refractivity contribution < 1.29 is 14.7 Å². The molecular weight excluding hydrogens is 350 g/mol. The molecule has 0 aliphatic rings. The van der Waals surface area contributed by atoms with Gasteiger partial charge in [0.05, 0.1) is 5.56 Å². The summed E-state index contributed by atoms with van der Waals surface area (Å²) in [5, 5.41) is 14.7. The third kappa shape index (κ3) is 3.48. The molecular formula is C24H17NO3. The average molecular weight is 367 g/mol. The molecule has 4 rings (SSSR count). The van der Waals surface area contributed by atoms with E-state index in [4.69, 9.17) is 0 Å². The molecule has 0 aliphatic carbocycles. The van der Waals surface area contributed by atoms with Crippen molar-refractivity contribution in [3.63, 3.8) is 0 Å². The van der Waals surface area contributed by atoms with E-state index in [0.29, 0.717) is 16.8 Å². The number of hydrogen-bond acceptors (Lipinski definition) is 3. The summed E-state index contributed by atoms with van der Waals surface area (Å²) in [6, 6.07) is 26.5. The quantitative estimate of drug-likeness (QED) is 0.497. The fraction of sp³-hybridized carbons (Fsp3) is 0. The van der Waals surface area contributed by atoms with Gasteiger partial charge in [-0.2, -0.15) is 0 Å². The molecule has 0 heterocycles. The Morgan fingerprint density at radius 3 is 1.93 bits per heavy atom. The monoisotopic (exact) mass is 367 g/mol. The van der Waals surface area contributed by atoms with Crippen molar-refractivity contribution in [2.75, 3.05) is 5.32 Å². The minimum absolute atomic E-state index is 0.0768. The Bertz CT molecular complexity index is 1170. The van der Waals surface area contributed by atoms with E-state index in [2.05, 4.69) is 5.32 Å². The first-order valence-electron chi connectivity index (χ1n) is 8.85. The van der Waals surface area contributed by atoms with Gasteiger partial charge in [0.15, 0.2) is 5.78 Å². The molecule has 0 spiro atoms. The minimum Gasteiger partial charge on any atom is -0.507 e. The van der Waals surface area contributed by atoms with E-state index in [1.807, 2.05) is 42.5 Å². The first kappa shape index (κ1) is 17.5. The average Bonchev–Trinajstić information content (AvgIpc) is 2.74. The van der Waals surface area contributed by atoms with E-state index in [-0.39, 0.29) is 17.1 Å². The highest BCUT2D eigenvalue weighted by atomic mass is 16.3. The van der Waals surface area contributed by atoms with Gasteiger partial charge in [-0.3, -0.25) is 9.59 Å². The van der Waals surface area contributed by atoms with E-state index >= 15 is 0 Å². The molecule has 0 fully saturated rings. The fourth-order valence-corrected chi connectivity index (χ4v) is 3.07. The normalized spacial score (nSPS) is 10.6. The number of anilines is 1. The first-order chi connectivity index (χ1) is 13.6. The smallest absolute Gasteiger partial charge is 0.259 e. The number of aromatic hydroxyl groups is 1. The number of phenols is 1. The molecule has 0 aromatic heterocycles. The van der Waals surface area contributed by atoms with Gasteiger partial charge in [0, 0.05) is 16.8 Å². The molecule has 1 amide bonds. The van der Waals surface area contributed by atoms with Crippen molar-refractivity contribution in [1.82, 2.24) is 0 Å². The van der Waals surface area contributed by atoms with Crippen molar-refractivity contribution in [3.05, 3.63) is 108 Å². The van der Waals surface area contributed by atoms with Crippen LogP contribution in [0.25, 0.3) is 10.8 Å². The number of fused-ring (bicyclic) bond motifs is 1. The molecule has 4 aromatic rings. The fourth-order valence-electron chi connectivity index (χ4n) is 3.07. The highest BCUT2D eigenvalue weighted by Gasteiger charge is 2.14. The summed E-state index contributed by atoms with van der Waals surface area (Å²) in [6.07, 6.45) is 0. The summed E-state index contributed by atoms with van der Waals surface area (Å²) < 4.78 is 0. The molecule has 4 nitrogen and oxygen atoms in total. The molecule has 28 heavy (non-hydrogen) atoms. The third-order valence-corrected chi connectivity index (χ3v) is 4.55. The Morgan fingerprint density at radius 1 is 0.679 bits per heavy atom. The standard InChI is InChI=1S/C24H17NO3/c26-22-15-19-9-5-4-8-18(19)14-21(22)24(28)25-20-12-10-17(11-13-20)23(27)16-6-2-1-3-7-16/h1-15,26H,(H,25,28). The van der Waals surface area contributed by atoms with Gasteiger partial charge in [-0.25, -0.2) is 0 Å². The minimum atomic E-state index is -0.412. The molecule has 0 radical (unpaired) electrons. The van der Waals surface area contributed by atoms with Crippen molar-refractivity contribution in [1.29, 1.82) is 0 Å². The van der Waals surface area contributed by atoms with Crippen LogP contribution in [0, 0.1) is 0 Å². The van der Waals surface area contributed by atoms with Gasteiger partial charge in [0.25, 0.3) is 5.91 Å². The highest BCUT2D eigenvalue weighted by Crippen LogP contribution is 2.26. The van der Waals surface area contributed by atoms with Crippen LogP contribution in [0.1, 0.15) is 26.3 Å². The molecule has 0 saturated carbocycles. The van der Waals surface area contributed by atoms with Gasteiger partial charge >= 0.3 is 0 Å². The Morgan fingerprint density at radius 2 is 1.25 bits per heavy atom. The van der Waals surface area contributed by atoms with Crippen LogP contribution in [0.15, 0.2) is 91.0 Å². The van der Waals surface area contributed by atoms with Crippen molar-refractivity contribution in [3.8, 4) is 5.75 Å². The van der Waals surface area contributed by atoms with Gasteiger partial charge in [0.2, 0.25) is 0 Å². The van der Waals surface area contributed by atoms with Crippen molar-refractivity contribution >= 4 is 28.2 Å². The molecule has 2 N–H and O–H groups in total.